The maximum absolute atomic E-state index is 12.1. The number of hydrogen-bond acceptors (Lipinski definition) is 5. The highest BCUT2D eigenvalue weighted by molar-refractivity contribution is 5.89. The molecule has 0 spiro atoms. The minimum atomic E-state index is -1.16. The molecule has 7 nitrogen and oxygen atoms in total. The minimum absolute atomic E-state index is 0.140. The first kappa shape index (κ1) is 15.1. The van der Waals surface area contributed by atoms with Gasteiger partial charge in [-0.15, -0.1) is 0 Å². The molecule has 0 radical (unpaired) electrons. The molecule has 7 heteroatoms. The average Bonchev–Trinajstić information content (AvgIpc) is 2.57. The molecule has 1 aliphatic rings. The van der Waals surface area contributed by atoms with Crippen molar-refractivity contribution in [2.24, 2.45) is 0 Å². The van der Waals surface area contributed by atoms with Crippen molar-refractivity contribution in [2.45, 2.75) is 32.9 Å². The fraction of sp³-hybridized carbons (Fsp3) is 0.500. The topological polar surface area (TPSA) is 89.0 Å². The van der Waals surface area contributed by atoms with Gasteiger partial charge in [0.25, 0.3) is 0 Å². The fourth-order valence-corrected chi connectivity index (χ4v) is 1.95. The van der Waals surface area contributed by atoms with Crippen molar-refractivity contribution in [1.29, 1.82) is 0 Å². The molecule has 0 atom stereocenters. The number of pyridine rings is 1. The summed E-state index contributed by atoms with van der Waals surface area (Å²) in [5, 5.41) is 9.11. The molecule has 1 N–H and O–H groups in total. The first-order chi connectivity index (χ1) is 9.78. The van der Waals surface area contributed by atoms with Crippen molar-refractivity contribution in [3.8, 4) is 5.75 Å². The van der Waals surface area contributed by atoms with Gasteiger partial charge in [0, 0.05) is 11.8 Å². The number of carboxylic acids is 1. The van der Waals surface area contributed by atoms with E-state index in [2.05, 4.69) is 4.98 Å². The number of ether oxygens (including phenoxy) is 2. The molecular formula is C14H18N2O5. The van der Waals surface area contributed by atoms with Crippen LogP contribution in [0.2, 0.25) is 0 Å². The van der Waals surface area contributed by atoms with Crippen LogP contribution in [0, 0.1) is 0 Å². The largest absolute Gasteiger partial charge is 0.489 e. The summed E-state index contributed by atoms with van der Waals surface area (Å²) in [4.78, 5) is 28.5. The summed E-state index contributed by atoms with van der Waals surface area (Å²) in [7, 11) is 0. The van der Waals surface area contributed by atoms with Crippen molar-refractivity contribution in [1.82, 2.24) is 9.88 Å². The molecule has 0 bridgehead atoms. The monoisotopic (exact) mass is 294 g/mol. The van der Waals surface area contributed by atoms with E-state index in [9.17, 15) is 9.59 Å². The lowest BCUT2D eigenvalue weighted by Crippen LogP contribution is -2.37. The molecule has 0 saturated heterocycles. The Morgan fingerprint density at radius 2 is 2.14 bits per heavy atom. The molecule has 1 aromatic rings. The number of rotatable bonds is 1. The lowest BCUT2D eigenvalue weighted by Gasteiger charge is -2.26. The van der Waals surface area contributed by atoms with Gasteiger partial charge in [0.1, 0.15) is 12.2 Å². The average molecular weight is 294 g/mol. The van der Waals surface area contributed by atoms with Crippen LogP contribution in [-0.2, 0) is 11.3 Å². The van der Waals surface area contributed by atoms with Gasteiger partial charge in [0.15, 0.2) is 11.4 Å². The molecule has 1 amide bonds. The summed E-state index contributed by atoms with van der Waals surface area (Å²) in [6, 6.07) is 1.64. The molecule has 114 valence electrons. The molecule has 0 aliphatic carbocycles. The van der Waals surface area contributed by atoms with E-state index < -0.39 is 17.7 Å². The zero-order chi connectivity index (χ0) is 15.6. The zero-order valence-electron chi connectivity index (χ0n) is 12.3. The van der Waals surface area contributed by atoms with Gasteiger partial charge in [0.2, 0.25) is 0 Å². The smallest absolute Gasteiger partial charge is 0.410 e. The molecule has 2 rings (SSSR count). The van der Waals surface area contributed by atoms with E-state index in [4.69, 9.17) is 14.6 Å². The van der Waals surface area contributed by atoms with E-state index in [1.807, 2.05) is 0 Å². The molecule has 1 aromatic heterocycles. The molecule has 1 aliphatic heterocycles. The van der Waals surface area contributed by atoms with E-state index in [0.717, 1.165) is 0 Å². The van der Waals surface area contributed by atoms with Gasteiger partial charge in [-0.05, 0) is 26.8 Å². The van der Waals surface area contributed by atoms with Crippen LogP contribution in [0.3, 0.4) is 0 Å². The Bertz CT molecular complexity index is 565. The van der Waals surface area contributed by atoms with Crippen LogP contribution in [-0.4, -0.2) is 45.8 Å². The third-order valence-electron chi connectivity index (χ3n) is 2.81. The predicted octanol–water partition coefficient (Wildman–Crippen LogP) is 1.91. The Kier molecular flexibility index (Phi) is 4.02. The van der Waals surface area contributed by atoms with Crippen LogP contribution < -0.4 is 4.74 Å². The summed E-state index contributed by atoms with van der Waals surface area (Å²) >= 11 is 0. The first-order valence-electron chi connectivity index (χ1n) is 6.60. The van der Waals surface area contributed by atoms with E-state index in [0.29, 0.717) is 12.1 Å². The maximum atomic E-state index is 12.1. The molecule has 0 saturated carbocycles. The van der Waals surface area contributed by atoms with Crippen LogP contribution >= 0.6 is 0 Å². The molecule has 2 heterocycles. The van der Waals surface area contributed by atoms with Gasteiger partial charge in [-0.2, -0.15) is 0 Å². The summed E-state index contributed by atoms with van der Waals surface area (Å²) in [6.45, 7) is 6.12. The quantitative estimate of drug-likeness (QED) is 0.851. The van der Waals surface area contributed by atoms with Crippen LogP contribution in [0.25, 0.3) is 0 Å². The Morgan fingerprint density at radius 1 is 1.43 bits per heavy atom. The van der Waals surface area contributed by atoms with Gasteiger partial charge in [0.05, 0.1) is 13.1 Å². The van der Waals surface area contributed by atoms with Crippen LogP contribution in [0.5, 0.6) is 5.75 Å². The van der Waals surface area contributed by atoms with Gasteiger partial charge in [-0.25, -0.2) is 14.6 Å². The molecular weight excluding hydrogens is 276 g/mol. The fourth-order valence-electron chi connectivity index (χ4n) is 1.95. The van der Waals surface area contributed by atoms with Crippen molar-refractivity contribution in [3.05, 3.63) is 23.5 Å². The maximum Gasteiger partial charge on any atom is 0.410 e. The minimum Gasteiger partial charge on any atom is -0.489 e. The zero-order valence-corrected chi connectivity index (χ0v) is 12.3. The number of aromatic nitrogens is 1. The van der Waals surface area contributed by atoms with Crippen LogP contribution in [0.1, 0.15) is 36.8 Å². The van der Waals surface area contributed by atoms with E-state index in [-0.39, 0.29) is 24.6 Å². The summed E-state index contributed by atoms with van der Waals surface area (Å²) in [5.41, 5.74) is -0.123. The summed E-state index contributed by atoms with van der Waals surface area (Å²) in [6.07, 6.45) is 0.942. The second-order valence-electron chi connectivity index (χ2n) is 5.70. The van der Waals surface area contributed by atoms with Gasteiger partial charge in [-0.3, -0.25) is 0 Å². The number of fused-ring (bicyclic) bond motifs is 1. The van der Waals surface area contributed by atoms with Gasteiger partial charge >= 0.3 is 12.1 Å². The molecule has 0 unspecified atom stereocenters. The van der Waals surface area contributed by atoms with Crippen molar-refractivity contribution >= 4 is 12.1 Å². The highest BCUT2D eigenvalue weighted by atomic mass is 16.6. The molecule has 0 aromatic carbocycles. The predicted molar refractivity (Wildman–Crippen MR) is 73.3 cm³/mol. The number of carbonyl (C=O) groups excluding carboxylic acids is 1. The SMILES string of the molecule is CC(C)(C)OC(=O)N1CCOc2c(ccnc2C(=O)O)C1. The lowest BCUT2D eigenvalue weighted by atomic mass is 10.2. The number of carbonyl (C=O) groups is 2. The normalized spacial score (nSPS) is 14.7. The molecule has 0 fully saturated rings. The van der Waals surface area contributed by atoms with E-state index >= 15 is 0 Å². The number of carboxylic acid groups (broad SMARTS) is 1. The van der Waals surface area contributed by atoms with Crippen molar-refractivity contribution in [3.63, 3.8) is 0 Å². The van der Waals surface area contributed by atoms with Gasteiger partial charge in [-0.1, -0.05) is 0 Å². The van der Waals surface area contributed by atoms with E-state index in [1.165, 1.54) is 11.1 Å². The van der Waals surface area contributed by atoms with Gasteiger partial charge < -0.3 is 19.5 Å². The first-order valence-corrected chi connectivity index (χ1v) is 6.60. The highest BCUT2D eigenvalue weighted by Crippen LogP contribution is 2.26. The number of aromatic carboxylic acids is 1. The van der Waals surface area contributed by atoms with Crippen molar-refractivity contribution in [2.75, 3.05) is 13.2 Å². The second-order valence-corrected chi connectivity index (χ2v) is 5.70. The highest BCUT2D eigenvalue weighted by Gasteiger charge is 2.27. The summed E-state index contributed by atoms with van der Waals surface area (Å²) < 4.78 is 10.8. The number of amides is 1. The lowest BCUT2D eigenvalue weighted by molar-refractivity contribution is 0.0225. The number of hydrogen-bond donors (Lipinski definition) is 1. The summed E-state index contributed by atoms with van der Waals surface area (Å²) in [5.74, 6) is -0.936. The Morgan fingerprint density at radius 3 is 2.76 bits per heavy atom. The van der Waals surface area contributed by atoms with Crippen LogP contribution in [0.4, 0.5) is 4.79 Å². The molecule has 21 heavy (non-hydrogen) atoms. The third kappa shape index (κ3) is 3.62. The Hall–Kier alpha value is -2.31. The third-order valence-corrected chi connectivity index (χ3v) is 2.81. The second kappa shape index (κ2) is 5.59. The Balaban J connectivity index is 2.24. The van der Waals surface area contributed by atoms with Crippen LogP contribution in [0.15, 0.2) is 12.3 Å². The number of nitrogens with zero attached hydrogens (tertiary/aromatic N) is 2. The van der Waals surface area contributed by atoms with Crippen molar-refractivity contribution < 1.29 is 24.2 Å². The Labute approximate surface area is 122 Å². The van der Waals surface area contributed by atoms with E-state index in [1.54, 1.807) is 26.8 Å². The standard InChI is InChI=1S/C14H18N2O5/c1-14(2,3)21-13(19)16-6-7-20-11-9(8-16)4-5-15-10(11)12(17)18/h4-5H,6-8H2,1-3H3,(H,17,18).